The Morgan fingerprint density at radius 1 is 1.07 bits per heavy atom. The topological polar surface area (TPSA) is 0 Å². The zero-order chi connectivity index (χ0) is 10.8. The van der Waals surface area contributed by atoms with Gasteiger partial charge < -0.3 is 0 Å². The van der Waals surface area contributed by atoms with E-state index in [1.165, 1.54) is 24.8 Å². The molecule has 0 N–H and O–H groups in total. The number of thiophene rings is 1. The van der Waals surface area contributed by atoms with E-state index in [0.717, 1.165) is 8.58 Å². The van der Waals surface area contributed by atoms with Crippen molar-refractivity contribution >= 4 is 46.5 Å². The van der Waals surface area contributed by atoms with Crippen LogP contribution in [0.15, 0.2) is 34.8 Å². The fraction of sp³-hybridized carbons (Fsp3) is 0.167. The minimum Gasteiger partial charge on any atom is -0.144 e. The number of rotatable bonds is 2. The SMILES string of the molecule is Cc1sc(C)c(Pc2ccccc2)c1Br. The molecule has 0 aliphatic rings. The third-order valence-electron chi connectivity index (χ3n) is 2.23. The second kappa shape index (κ2) is 4.78. The molecule has 0 nitrogen and oxygen atoms in total. The average molecular weight is 299 g/mol. The van der Waals surface area contributed by atoms with Crippen molar-refractivity contribution in [1.82, 2.24) is 0 Å². The van der Waals surface area contributed by atoms with E-state index >= 15 is 0 Å². The monoisotopic (exact) mass is 298 g/mol. The van der Waals surface area contributed by atoms with Gasteiger partial charge in [0, 0.05) is 19.5 Å². The molecule has 1 aromatic carbocycles. The third-order valence-corrected chi connectivity index (χ3v) is 6.55. The van der Waals surface area contributed by atoms with Crippen LogP contribution in [0.5, 0.6) is 0 Å². The predicted molar refractivity (Wildman–Crippen MR) is 75.5 cm³/mol. The van der Waals surface area contributed by atoms with Crippen molar-refractivity contribution in [3.63, 3.8) is 0 Å². The van der Waals surface area contributed by atoms with Gasteiger partial charge in [-0.15, -0.1) is 11.3 Å². The fourth-order valence-electron chi connectivity index (χ4n) is 1.46. The summed E-state index contributed by atoms with van der Waals surface area (Å²) in [6, 6.07) is 10.7. The minimum absolute atomic E-state index is 0.759. The van der Waals surface area contributed by atoms with Crippen LogP contribution in [0, 0.1) is 13.8 Å². The summed E-state index contributed by atoms with van der Waals surface area (Å²) in [6.07, 6.45) is 0. The lowest BCUT2D eigenvalue weighted by molar-refractivity contribution is 1.60. The van der Waals surface area contributed by atoms with E-state index in [0.29, 0.717) is 0 Å². The molecule has 0 bridgehead atoms. The normalized spacial score (nSPS) is 11.4. The van der Waals surface area contributed by atoms with E-state index in [2.05, 4.69) is 60.1 Å². The number of hydrogen-bond acceptors (Lipinski definition) is 1. The van der Waals surface area contributed by atoms with Crippen LogP contribution in [0.1, 0.15) is 9.75 Å². The number of benzene rings is 1. The van der Waals surface area contributed by atoms with E-state index in [1.54, 1.807) is 0 Å². The molecule has 2 aromatic rings. The summed E-state index contributed by atoms with van der Waals surface area (Å²) in [6.45, 7) is 4.37. The van der Waals surface area contributed by atoms with Gasteiger partial charge in [-0.1, -0.05) is 38.9 Å². The molecule has 0 spiro atoms. The lowest BCUT2D eigenvalue weighted by atomic mass is 10.4. The van der Waals surface area contributed by atoms with Crippen LogP contribution in [0.4, 0.5) is 0 Å². The van der Waals surface area contributed by atoms with Gasteiger partial charge in [-0.3, -0.25) is 0 Å². The molecule has 0 saturated carbocycles. The lowest BCUT2D eigenvalue weighted by Gasteiger charge is -2.02. The number of hydrogen-bond donors (Lipinski definition) is 0. The molecular formula is C12H12BrPS. The van der Waals surface area contributed by atoms with Crippen LogP contribution < -0.4 is 10.6 Å². The Labute approximate surface area is 105 Å². The maximum Gasteiger partial charge on any atom is 0.0391 e. The summed E-state index contributed by atoms with van der Waals surface area (Å²) >= 11 is 5.55. The zero-order valence-electron chi connectivity index (χ0n) is 8.67. The number of halogens is 1. The van der Waals surface area contributed by atoms with Crippen molar-refractivity contribution in [1.29, 1.82) is 0 Å². The van der Waals surface area contributed by atoms with Crippen molar-refractivity contribution in [2.45, 2.75) is 13.8 Å². The van der Waals surface area contributed by atoms with Crippen LogP contribution in [0.3, 0.4) is 0 Å². The molecule has 1 unspecified atom stereocenters. The predicted octanol–water partition coefficient (Wildman–Crippen LogP) is 3.76. The molecule has 0 radical (unpaired) electrons. The first-order chi connectivity index (χ1) is 7.18. The van der Waals surface area contributed by atoms with Gasteiger partial charge in [0.1, 0.15) is 0 Å². The summed E-state index contributed by atoms with van der Waals surface area (Å²) in [5, 5.41) is 2.86. The maximum absolute atomic E-state index is 3.68. The molecule has 0 amide bonds. The van der Waals surface area contributed by atoms with Crippen LogP contribution in [-0.2, 0) is 0 Å². The Balaban J connectivity index is 2.32. The first kappa shape index (κ1) is 11.3. The second-order valence-corrected chi connectivity index (χ2v) is 6.94. The molecule has 0 fully saturated rings. The lowest BCUT2D eigenvalue weighted by Crippen LogP contribution is -2.04. The van der Waals surface area contributed by atoms with E-state index in [4.69, 9.17) is 0 Å². The van der Waals surface area contributed by atoms with E-state index in [-0.39, 0.29) is 0 Å². The summed E-state index contributed by atoms with van der Waals surface area (Å²) in [5.41, 5.74) is 0. The van der Waals surface area contributed by atoms with Crippen LogP contribution >= 0.6 is 35.8 Å². The molecular weight excluding hydrogens is 287 g/mol. The Bertz CT molecular complexity index is 462. The average Bonchev–Trinajstić information content (AvgIpc) is 2.47. The van der Waals surface area contributed by atoms with E-state index in [9.17, 15) is 0 Å². The van der Waals surface area contributed by atoms with Gasteiger partial charge in [0.05, 0.1) is 0 Å². The van der Waals surface area contributed by atoms with Crippen molar-refractivity contribution in [3.8, 4) is 0 Å². The standard InChI is InChI=1S/C12H12BrPS/c1-8-11(13)12(9(2)15-8)14-10-6-4-3-5-7-10/h3-7,14H,1-2H3. The Hall–Kier alpha value is -0.170. The number of aryl methyl sites for hydroxylation is 2. The molecule has 3 heteroatoms. The minimum atomic E-state index is 0.759. The van der Waals surface area contributed by atoms with Crippen molar-refractivity contribution < 1.29 is 0 Å². The van der Waals surface area contributed by atoms with E-state index in [1.807, 2.05) is 11.3 Å². The molecule has 0 aliphatic carbocycles. The van der Waals surface area contributed by atoms with Gasteiger partial charge >= 0.3 is 0 Å². The van der Waals surface area contributed by atoms with Gasteiger partial charge in [-0.05, 0) is 35.1 Å². The van der Waals surface area contributed by atoms with Crippen LogP contribution in [0.25, 0.3) is 0 Å². The van der Waals surface area contributed by atoms with E-state index < -0.39 is 0 Å². The van der Waals surface area contributed by atoms with Crippen LogP contribution in [-0.4, -0.2) is 0 Å². The highest BCUT2D eigenvalue weighted by atomic mass is 79.9. The van der Waals surface area contributed by atoms with Gasteiger partial charge in [-0.25, -0.2) is 0 Å². The van der Waals surface area contributed by atoms with Crippen molar-refractivity contribution in [2.24, 2.45) is 0 Å². The Morgan fingerprint density at radius 2 is 1.73 bits per heavy atom. The highest BCUT2D eigenvalue weighted by Crippen LogP contribution is 2.29. The largest absolute Gasteiger partial charge is 0.144 e. The summed E-state index contributed by atoms with van der Waals surface area (Å²) in [4.78, 5) is 2.81. The highest BCUT2D eigenvalue weighted by molar-refractivity contribution is 9.10. The summed E-state index contributed by atoms with van der Waals surface area (Å²) in [7, 11) is 0.759. The van der Waals surface area contributed by atoms with Gasteiger partial charge in [0.15, 0.2) is 0 Å². The molecule has 78 valence electrons. The Kier molecular flexibility index (Phi) is 3.60. The Morgan fingerprint density at radius 3 is 2.27 bits per heavy atom. The van der Waals surface area contributed by atoms with Crippen molar-refractivity contribution in [2.75, 3.05) is 0 Å². The maximum atomic E-state index is 3.68. The van der Waals surface area contributed by atoms with Gasteiger partial charge in [0.25, 0.3) is 0 Å². The summed E-state index contributed by atoms with van der Waals surface area (Å²) in [5.74, 6) is 0. The first-order valence-corrected chi connectivity index (χ1v) is 7.37. The molecule has 1 aromatic heterocycles. The first-order valence-electron chi connectivity index (χ1n) is 4.76. The van der Waals surface area contributed by atoms with Crippen LogP contribution in [0.2, 0.25) is 0 Å². The summed E-state index contributed by atoms with van der Waals surface area (Å²) < 4.78 is 1.30. The van der Waals surface area contributed by atoms with Crippen molar-refractivity contribution in [3.05, 3.63) is 44.6 Å². The molecule has 1 atom stereocenters. The third kappa shape index (κ3) is 2.50. The second-order valence-electron chi connectivity index (χ2n) is 3.39. The van der Waals surface area contributed by atoms with Gasteiger partial charge in [0.2, 0.25) is 0 Å². The zero-order valence-corrected chi connectivity index (χ0v) is 12.1. The highest BCUT2D eigenvalue weighted by Gasteiger charge is 2.10. The molecule has 2 rings (SSSR count). The fourth-order valence-corrected chi connectivity index (χ4v) is 4.81. The molecule has 15 heavy (non-hydrogen) atoms. The quantitative estimate of drug-likeness (QED) is 0.741. The molecule has 0 aliphatic heterocycles. The van der Waals surface area contributed by atoms with Gasteiger partial charge in [-0.2, -0.15) is 0 Å². The smallest absolute Gasteiger partial charge is 0.0391 e. The molecule has 0 saturated heterocycles. The molecule has 1 heterocycles.